The van der Waals surface area contributed by atoms with Gasteiger partial charge in [-0.2, -0.15) is 0 Å². The molecule has 25 heavy (non-hydrogen) atoms. The summed E-state index contributed by atoms with van der Waals surface area (Å²) < 4.78 is 14.5. The minimum atomic E-state index is -1.27. The van der Waals surface area contributed by atoms with Crippen LogP contribution in [-0.2, 0) is 20.7 Å². The summed E-state index contributed by atoms with van der Waals surface area (Å²) in [6, 6.07) is 5.04. The molecule has 0 aliphatic carbocycles. The lowest BCUT2D eigenvalue weighted by Crippen LogP contribution is -2.42. The van der Waals surface area contributed by atoms with Crippen molar-refractivity contribution in [1.29, 1.82) is 0 Å². The van der Waals surface area contributed by atoms with Crippen LogP contribution in [0.3, 0.4) is 0 Å². The summed E-state index contributed by atoms with van der Waals surface area (Å²) in [5, 5.41) is 11.5. The molecule has 1 rings (SSSR count). The molecule has 0 spiro atoms. The Morgan fingerprint density at radius 3 is 2.40 bits per heavy atom. The van der Waals surface area contributed by atoms with Crippen LogP contribution < -0.4 is 10.1 Å². The van der Waals surface area contributed by atoms with Crippen LogP contribution in [0.1, 0.15) is 5.56 Å². The highest BCUT2D eigenvalue weighted by Crippen LogP contribution is 2.20. The number of carbonyl (C=O) groups is 3. The molecule has 0 aliphatic heterocycles. The maximum Gasteiger partial charge on any atom is 0.514 e. The van der Waals surface area contributed by atoms with Gasteiger partial charge in [-0.05, 0) is 11.6 Å². The smallest absolute Gasteiger partial charge is 0.480 e. The van der Waals surface area contributed by atoms with Gasteiger partial charge in [0, 0.05) is 6.42 Å². The van der Waals surface area contributed by atoms with E-state index in [-0.39, 0.29) is 25.4 Å². The van der Waals surface area contributed by atoms with Gasteiger partial charge in [-0.1, -0.05) is 43.5 Å². The van der Waals surface area contributed by atoms with E-state index in [9.17, 15) is 19.5 Å². The van der Waals surface area contributed by atoms with E-state index in [1.54, 1.807) is 18.2 Å². The van der Waals surface area contributed by atoms with E-state index in [0.717, 1.165) is 0 Å². The number of alkyl carbamates (subject to hydrolysis) is 1. The van der Waals surface area contributed by atoms with Crippen LogP contribution >= 0.6 is 0 Å². The molecule has 134 valence electrons. The lowest BCUT2D eigenvalue weighted by Gasteiger charge is -2.16. The predicted molar refractivity (Wildman–Crippen MR) is 88.4 cm³/mol. The number of hydrogen-bond acceptors (Lipinski definition) is 6. The highest BCUT2D eigenvalue weighted by Gasteiger charge is 2.23. The number of carbonyl (C=O) groups excluding carboxylic acids is 2. The third-order valence-electron chi connectivity index (χ3n) is 2.83. The monoisotopic (exact) mass is 349 g/mol. The number of benzene rings is 1. The van der Waals surface area contributed by atoms with Crippen molar-refractivity contribution in [3.63, 3.8) is 0 Å². The average molecular weight is 349 g/mol. The van der Waals surface area contributed by atoms with Crippen molar-refractivity contribution in [3.8, 4) is 5.75 Å². The summed E-state index contributed by atoms with van der Waals surface area (Å²) >= 11 is 0. The first-order valence-corrected chi connectivity index (χ1v) is 7.28. The van der Waals surface area contributed by atoms with Crippen LogP contribution in [0.2, 0.25) is 0 Å². The second kappa shape index (κ2) is 10.5. The molecule has 0 bridgehead atoms. The number of amides is 1. The van der Waals surface area contributed by atoms with Crippen molar-refractivity contribution in [3.05, 3.63) is 55.1 Å². The van der Waals surface area contributed by atoms with Gasteiger partial charge in [0.05, 0.1) is 0 Å². The molecular weight excluding hydrogens is 330 g/mol. The molecule has 1 atom stereocenters. The van der Waals surface area contributed by atoms with Crippen molar-refractivity contribution < 1.29 is 33.7 Å². The number of aliphatic carboxylic acids is 1. The summed E-state index contributed by atoms with van der Waals surface area (Å²) in [6.07, 6.45) is 0.775. The molecule has 0 saturated heterocycles. The first-order chi connectivity index (χ1) is 12.0. The average Bonchev–Trinajstić information content (AvgIpc) is 2.59. The maximum atomic E-state index is 11.5. The fourth-order valence-corrected chi connectivity index (χ4v) is 1.76. The van der Waals surface area contributed by atoms with E-state index in [1.165, 1.54) is 18.2 Å². The molecule has 0 radical (unpaired) electrons. The van der Waals surface area contributed by atoms with E-state index in [0.29, 0.717) is 5.56 Å². The molecule has 2 N–H and O–H groups in total. The Kier molecular flexibility index (Phi) is 8.28. The van der Waals surface area contributed by atoms with E-state index >= 15 is 0 Å². The summed E-state index contributed by atoms with van der Waals surface area (Å²) in [4.78, 5) is 34.4. The van der Waals surface area contributed by atoms with E-state index in [2.05, 4.69) is 18.5 Å². The van der Waals surface area contributed by atoms with Gasteiger partial charge in [0.25, 0.3) is 0 Å². The molecule has 8 nitrogen and oxygen atoms in total. The van der Waals surface area contributed by atoms with Crippen molar-refractivity contribution in [2.75, 3.05) is 13.2 Å². The Hall–Kier alpha value is -3.29. The number of nitrogens with one attached hydrogen (secondary N) is 1. The predicted octanol–water partition coefficient (Wildman–Crippen LogP) is 2.30. The van der Waals surface area contributed by atoms with Crippen LogP contribution in [0, 0.1) is 0 Å². The summed E-state index contributed by atoms with van der Waals surface area (Å²) in [5.74, 6) is -1.14. The summed E-state index contributed by atoms with van der Waals surface area (Å²) in [6.45, 7) is 6.73. The van der Waals surface area contributed by atoms with Crippen LogP contribution in [0.5, 0.6) is 5.75 Å². The molecule has 1 amide bonds. The number of carboxylic acid groups (broad SMARTS) is 1. The van der Waals surface area contributed by atoms with Crippen molar-refractivity contribution in [2.24, 2.45) is 0 Å². The van der Waals surface area contributed by atoms with Gasteiger partial charge >= 0.3 is 18.2 Å². The molecule has 0 fully saturated rings. The Morgan fingerprint density at radius 1 is 1.12 bits per heavy atom. The largest absolute Gasteiger partial charge is 0.514 e. The molecule has 1 aromatic rings. The zero-order valence-corrected chi connectivity index (χ0v) is 13.5. The number of ether oxygens (including phenoxy) is 3. The first kappa shape index (κ1) is 19.8. The number of carboxylic acids is 1. The molecule has 0 saturated carbocycles. The first-order valence-electron chi connectivity index (χ1n) is 7.28. The van der Waals surface area contributed by atoms with Crippen molar-refractivity contribution >= 4 is 18.2 Å². The Morgan fingerprint density at radius 2 is 1.76 bits per heavy atom. The normalized spacial score (nSPS) is 10.9. The van der Waals surface area contributed by atoms with Crippen LogP contribution in [0.4, 0.5) is 9.59 Å². The Bertz CT molecular complexity index is 642. The maximum absolute atomic E-state index is 11.5. The van der Waals surface area contributed by atoms with Crippen molar-refractivity contribution in [1.82, 2.24) is 5.32 Å². The van der Waals surface area contributed by atoms with Crippen LogP contribution in [0.25, 0.3) is 0 Å². The minimum Gasteiger partial charge on any atom is -0.480 e. The van der Waals surface area contributed by atoms with Crippen molar-refractivity contribution in [2.45, 2.75) is 12.5 Å². The second-order valence-corrected chi connectivity index (χ2v) is 4.69. The molecule has 0 aromatic heterocycles. The Labute approximate surface area is 144 Å². The molecule has 0 unspecified atom stereocenters. The fourth-order valence-electron chi connectivity index (χ4n) is 1.76. The minimum absolute atomic E-state index is 0.0184. The number of rotatable bonds is 9. The summed E-state index contributed by atoms with van der Waals surface area (Å²) in [5.41, 5.74) is 0.398. The summed E-state index contributed by atoms with van der Waals surface area (Å²) in [7, 11) is 0. The lowest BCUT2D eigenvalue weighted by molar-refractivity contribution is -0.139. The fraction of sp³-hybridized carbons (Fsp3) is 0.235. The molecular formula is C17H19NO7. The SMILES string of the molecule is C=CCOC(=O)N[C@@H](Cc1ccccc1OC(=O)OCC=C)C(=O)O. The molecule has 0 heterocycles. The second-order valence-electron chi connectivity index (χ2n) is 4.69. The number of hydrogen-bond donors (Lipinski definition) is 2. The Balaban J connectivity index is 2.82. The zero-order valence-electron chi connectivity index (χ0n) is 13.5. The quantitative estimate of drug-likeness (QED) is 0.400. The van der Waals surface area contributed by atoms with Gasteiger partial charge in [-0.15, -0.1) is 0 Å². The third-order valence-corrected chi connectivity index (χ3v) is 2.83. The van der Waals surface area contributed by atoms with Crippen LogP contribution in [-0.4, -0.2) is 42.6 Å². The highest BCUT2D eigenvalue weighted by molar-refractivity contribution is 5.80. The topological polar surface area (TPSA) is 111 Å². The van der Waals surface area contributed by atoms with Gasteiger partial charge in [0.15, 0.2) is 0 Å². The van der Waals surface area contributed by atoms with E-state index in [4.69, 9.17) is 14.2 Å². The number of para-hydroxylation sites is 1. The lowest BCUT2D eigenvalue weighted by atomic mass is 10.1. The third kappa shape index (κ3) is 7.21. The van der Waals surface area contributed by atoms with E-state index < -0.39 is 24.3 Å². The molecule has 0 aliphatic rings. The van der Waals surface area contributed by atoms with Gasteiger partial charge in [0.2, 0.25) is 0 Å². The van der Waals surface area contributed by atoms with E-state index in [1.807, 2.05) is 0 Å². The van der Waals surface area contributed by atoms with Gasteiger partial charge in [0.1, 0.15) is 25.0 Å². The molecule has 1 aromatic carbocycles. The van der Waals surface area contributed by atoms with Gasteiger partial charge in [-0.3, -0.25) is 0 Å². The standard InChI is InChI=1S/C17H19NO7/c1-3-9-23-16(21)18-13(15(19)20)11-12-7-5-6-8-14(12)25-17(22)24-10-4-2/h3-8,13H,1-2,9-11H2,(H,18,21)(H,19,20)/t13-/m0/s1. The van der Waals surface area contributed by atoms with Crippen LogP contribution in [0.15, 0.2) is 49.6 Å². The zero-order chi connectivity index (χ0) is 18.7. The highest BCUT2D eigenvalue weighted by atomic mass is 16.7. The molecule has 8 heteroatoms. The van der Waals surface area contributed by atoms with Gasteiger partial charge in [-0.25, -0.2) is 14.4 Å². The van der Waals surface area contributed by atoms with Gasteiger partial charge < -0.3 is 24.6 Å².